The molecule has 0 radical (unpaired) electrons. The fourth-order valence-electron chi connectivity index (χ4n) is 3.80. The van der Waals surface area contributed by atoms with Crippen LogP contribution in [0.4, 0.5) is 4.39 Å². The van der Waals surface area contributed by atoms with Crippen LogP contribution in [-0.4, -0.2) is 47.9 Å². The third kappa shape index (κ3) is 5.66. The number of amides is 1. The van der Waals surface area contributed by atoms with Crippen LogP contribution in [0.15, 0.2) is 51.2 Å². The zero-order chi connectivity index (χ0) is 23.3. The number of carbonyl (C=O) groups excluding carboxylic acids is 1. The quantitative estimate of drug-likeness (QED) is 0.434. The molecule has 3 heterocycles. The summed E-state index contributed by atoms with van der Waals surface area (Å²) in [7, 11) is -3.85. The molecule has 1 N–H and O–H groups in total. The van der Waals surface area contributed by atoms with E-state index in [4.69, 9.17) is 4.52 Å². The predicted molar refractivity (Wildman–Crippen MR) is 121 cm³/mol. The van der Waals surface area contributed by atoms with Crippen LogP contribution in [0, 0.1) is 5.82 Å². The first kappa shape index (κ1) is 23.5. The Kier molecular flexibility index (Phi) is 7.51. The lowest BCUT2D eigenvalue weighted by atomic mass is 10.2. The van der Waals surface area contributed by atoms with Crippen molar-refractivity contribution in [2.75, 3.05) is 13.1 Å². The van der Waals surface area contributed by atoms with E-state index in [2.05, 4.69) is 15.5 Å². The number of benzene rings is 1. The number of rotatable bonds is 10. The van der Waals surface area contributed by atoms with Gasteiger partial charge in [-0.05, 0) is 61.4 Å². The van der Waals surface area contributed by atoms with Crippen molar-refractivity contribution in [3.8, 4) is 10.7 Å². The zero-order valence-corrected chi connectivity index (χ0v) is 19.6. The molecule has 0 bridgehead atoms. The number of hydrogen-bond acceptors (Lipinski definition) is 7. The van der Waals surface area contributed by atoms with Gasteiger partial charge in [0.1, 0.15) is 11.9 Å². The molecule has 0 aliphatic carbocycles. The molecule has 1 unspecified atom stereocenters. The lowest BCUT2D eigenvalue weighted by molar-refractivity contribution is -0.124. The van der Waals surface area contributed by atoms with Crippen molar-refractivity contribution in [3.63, 3.8) is 0 Å². The van der Waals surface area contributed by atoms with Crippen molar-refractivity contribution in [2.45, 2.75) is 49.5 Å². The Hall–Kier alpha value is -2.63. The maximum Gasteiger partial charge on any atom is 0.243 e. The van der Waals surface area contributed by atoms with Crippen LogP contribution in [-0.2, 0) is 21.2 Å². The monoisotopic (exact) mass is 492 g/mol. The number of aromatic nitrogens is 2. The molecule has 1 aromatic carbocycles. The molecule has 0 spiro atoms. The molecule has 1 aliphatic rings. The van der Waals surface area contributed by atoms with E-state index < -0.39 is 21.9 Å². The standard InChI is InChI=1S/C22H25FN4O4S2/c23-16-9-11-17(12-10-16)33(29,30)27-14-4-6-18(27)22(28)24-13-3-1-2-8-20-25-21(26-31-20)19-7-5-15-32-19/h5,7,9-12,15,18H,1-4,6,8,13-14H2,(H,24,28). The number of nitrogens with one attached hydrogen (secondary N) is 1. The van der Waals surface area contributed by atoms with Gasteiger partial charge in [0.25, 0.3) is 0 Å². The van der Waals surface area contributed by atoms with Crippen molar-refractivity contribution in [2.24, 2.45) is 0 Å². The molecule has 4 rings (SSSR count). The van der Waals surface area contributed by atoms with Crippen molar-refractivity contribution >= 4 is 27.3 Å². The van der Waals surface area contributed by atoms with E-state index in [1.165, 1.54) is 16.4 Å². The fraction of sp³-hybridized carbons (Fsp3) is 0.409. The molecule has 3 aromatic rings. The average molecular weight is 493 g/mol. The molecule has 33 heavy (non-hydrogen) atoms. The summed E-state index contributed by atoms with van der Waals surface area (Å²) in [4.78, 5) is 18.0. The topological polar surface area (TPSA) is 105 Å². The Morgan fingerprint density at radius 1 is 1.21 bits per heavy atom. The molecule has 176 valence electrons. The van der Waals surface area contributed by atoms with Gasteiger partial charge in [-0.1, -0.05) is 17.6 Å². The van der Waals surface area contributed by atoms with Gasteiger partial charge in [0, 0.05) is 19.5 Å². The molecule has 1 atom stereocenters. The minimum Gasteiger partial charge on any atom is -0.355 e. The average Bonchev–Trinajstić information content (AvgIpc) is 3.57. The second kappa shape index (κ2) is 10.5. The number of hydrogen-bond donors (Lipinski definition) is 1. The molecule has 2 aromatic heterocycles. The summed E-state index contributed by atoms with van der Waals surface area (Å²) in [5.41, 5.74) is 0. The summed E-state index contributed by atoms with van der Waals surface area (Å²) < 4.78 is 45.4. The van der Waals surface area contributed by atoms with E-state index in [9.17, 15) is 17.6 Å². The maximum atomic E-state index is 13.2. The maximum absolute atomic E-state index is 13.2. The molecule has 1 fully saturated rings. The number of nitrogens with zero attached hydrogens (tertiary/aromatic N) is 3. The van der Waals surface area contributed by atoms with Crippen LogP contribution >= 0.6 is 11.3 Å². The van der Waals surface area contributed by atoms with E-state index in [0.29, 0.717) is 37.5 Å². The SMILES string of the molecule is O=C(NCCCCCc1nc(-c2cccs2)no1)C1CCCN1S(=O)(=O)c1ccc(F)cc1. The molecular formula is C22H25FN4O4S2. The fourth-order valence-corrected chi connectivity index (χ4v) is 6.11. The number of unbranched alkanes of at least 4 members (excludes halogenated alkanes) is 2. The molecule has 1 amide bonds. The Labute approximate surface area is 195 Å². The van der Waals surface area contributed by atoms with Crippen molar-refractivity contribution < 1.29 is 22.1 Å². The second-order valence-electron chi connectivity index (χ2n) is 7.82. The molecule has 8 nitrogen and oxygen atoms in total. The van der Waals surface area contributed by atoms with Crippen LogP contribution in [0.2, 0.25) is 0 Å². The first-order valence-corrected chi connectivity index (χ1v) is 13.2. The highest BCUT2D eigenvalue weighted by Crippen LogP contribution is 2.26. The van der Waals surface area contributed by atoms with Gasteiger partial charge in [-0.2, -0.15) is 9.29 Å². The second-order valence-corrected chi connectivity index (χ2v) is 10.7. The van der Waals surface area contributed by atoms with Gasteiger partial charge < -0.3 is 9.84 Å². The highest BCUT2D eigenvalue weighted by atomic mass is 32.2. The minimum absolute atomic E-state index is 0.00754. The highest BCUT2D eigenvalue weighted by molar-refractivity contribution is 7.89. The lowest BCUT2D eigenvalue weighted by Crippen LogP contribution is -2.46. The van der Waals surface area contributed by atoms with E-state index in [1.807, 2.05) is 17.5 Å². The number of aryl methyl sites for hydroxylation is 1. The zero-order valence-electron chi connectivity index (χ0n) is 17.9. The number of halogens is 1. The highest BCUT2D eigenvalue weighted by Gasteiger charge is 2.39. The number of thiophene rings is 1. The lowest BCUT2D eigenvalue weighted by Gasteiger charge is -2.23. The van der Waals surface area contributed by atoms with E-state index >= 15 is 0 Å². The molecule has 1 saturated heterocycles. The molecular weight excluding hydrogens is 467 g/mol. The molecule has 1 aliphatic heterocycles. The van der Waals surface area contributed by atoms with Crippen molar-refractivity contribution in [1.29, 1.82) is 0 Å². The number of sulfonamides is 1. The van der Waals surface area contributed by atoms with E-state index in [1.54, 1.807) is 11.3 Å². The van der Waals surface area contributed by atoms with Crippen LogP contribution < -0.4 is 5.32 Å². The summed E-state index contributed by atoms with van der Waals surface area (Å²) in [6, 6.07) is 7.81. The third-order valence-electron chi connectivity index (χ3n) is 5.50. The summed E-state index contributed by atoms with van der Waals surface area (Å²) in [5.74, 6) is 0.390. The normalized spacial score (nSPS) is 16.8. The van der Waals surface area contributed by atoms with Gasteiger partial charge in [-0.3, -0.25) is 4.79 Å². The Balaban J connectivity index is 1.20. The van der Waals surface area contributed by atoms with Gasteiger partial charge in [0.05, 0.1) is 9.77 Å². The van der Waals surface area contributed by atoms with Crippen molar-refractivity contribution in [3.05, 3.63) is 53.5 Å². The first-order chi connectivity index (χ1) is 15.9. The summed E-state index contributed by atoms with van der Waals surface area (Å²) in [5, 5.41) is 8.80. The smallest absolute Gasteiger partial charge is 0.243 e. The largest absolute Gasteiger partial charge is 0.355 e. The van der Waals surface area contributed by atoms with Crippen molar-refractivity contribution in [1.82, 2.24) is 19.8 Å². The third-order valence-corrected chi connectivity index (χ3v) is 8.29. The van der Waals surface area contributed by atoms with Gasteiger partial charge >= 0.3 is 0 Å². The summed E-state index contributed by atoms with van der Waals surface area (Å²) >= 11 is 1.56. The van der Waals surface area contributed by atoms with Gasteiger partial charge in [-0.15, -0.1) is 11.3 Å². The van der Waals surface area contributed by atoms with E-state index in [0.717, 1.165) is 36.3 Å². The van der Waals surface area contributed by atoms with Crippen LogP contribution in [0.5, 0.6) is 0 Å². The van der Waals surface area contributed by atoms with E-state index in [-0.39, 0.29) is 17.3 Å². The van der Waals surface area contributed by atoms with Crippen LogP contribution in [0.25, 0.3) is 10.7 Å². The summed E-state index contributed by atoms with van der Waals surface area (Å²) in [6.07, 6.45) is 4.20. The molecule has 11 heteroatoms. The molecule has 0 saturated carbocycles. The van der Waals surface area contributed by atoms with Gasteiger partial charge in [-0.25, -0.2) is 12.8 Å². The van der Waals surface area contributed by atoms with Gasteiger partial charge in [0.15, 0.2) is 0 Å². The Morgan fingerprint density at radius 3 is 2.79 bits per heavy atom. The first-order valence-electron chi connectivity index (χ1n) is 10.9. The van der Waals surface area contributed by atoms with Crippen LogP contribution in [0.1, 0.15) is 38.0 Å². The Bertz CT molecular complexity index is 1160. The predicted octanol–water partition coefficient (Wildman–Crippen LogP) is 3.62. The van der Waals surface area contributed by atoms with Crippen LogP contribution in [0.3, 0.4) is 0 Å². The Morgan fingerprint density at radius 2 is 2.03 bits per heavy atom. The number of carbonyl (C=O) groups is 1. The minimum atomic E-state index is -3.85. The van der Waals surface area contributed by atoms with Gasteiger partial charge in [0.2, 0.25) is 27.6 Å². The summed E-state index contributed by atoms with van der Waals surface area (Å²) in [6.45, 7) is 0.736.